The minimum absolute atomic E-state index is 0.0507. The lowest BCUT2D eigenvalue weighted by Gasteiger charge is -2.20. The second kappa shape index (κ2) is 5.93. The summed E-state index contributed by atoms with van der Waals surface area (Å²) in [7, 11) is 0. The summed E-state index contributed by atoms with van der Waals surface area (Å²) in [4.78, 5) is 23.9. The second-order valence-corrected chi connectivity index (χ2v) is 6.83. The number of fused-ring (bicyclic) bond motifs is 1. The van der Waals surface area contributed by atoms with E-state index in [1.54, 1.807) is 0 Å². The second-order valence-electron chi connectivity index (χ2n) is 6.31. The quantitative estimate of drug-likeness (QED) is 0.579. The fraction of sp³-hybridized carbons (Fsp3) is 0.500. The summed E-state index contributed by atoms with van der Waals surface area (Å²) in [5.41, 5.74) is 9.02. The van der Waals surface area contributed by atoms with Gasteiger partial charge in [-0.15, -0.1) is 0 Å². The van der Waals surface area contributed by atoms with Gasteiger partial charge in [0.1, 0.15) is 11.8 Å². The lowest BCUT2D eigenvalue weighted by atomic mass is 9.88. The van der Waals surface area contributed by atoms with Gasteiger partial charge in [-0.05, 0) is 48.4 Å². The molecule has 1 aliphatic heterocycles. The summed E-state index contributed by atoms with van der Waals surface area (Å²) >= 11 is 4.17. The molecule has 3 N–H and O–H groups in total. The van der Waals surface area contributed by atoms with Crippen LogP contribution >= 0.6 is 12.8 Å². The van der Waals surface area contributed by atoms with Crippen molar-refractivity contribution in [2.45, 2.75) is 31.7 Å². The molecule has 6 heteroatoms. The maximum atomic E-state index is 12.5. The third kappa shape index (κ3) is 2.85. The first-order chi connectivity index (χ1) is 10.5. The Balaban J connectivity index is 1.65. The Morgan fingerprint density at radius 1 is 1.32 bits per heavy atom. The molecule has 1 heterocycles. The number of carboxylic acids is 1. The van der Waals surface area contributed by atoms with Crippen molar-refractivity contribution < 1.29 is 14.7 Å². The molecule has 3 atom stereocenters. The van der Waals surface area contributed by atoms with Gasteiger partial charge < -0.3 is 10.8 Å². The number of hydrogen-bond acceptors (Lipinski definition) is 5. The Morgan fingerprint density at radius 3 is 2.77 bits per heavy atom. The van der Waals surface area contributed by atoms with Crippen LogP contribution in [0.25, 0.3) is 0 Å². The zero-order valence-corrected chi connectivity index (χ0v) is 13.1. The number of carboxylic acid groups (broad SMARTS) is 1. The van der Waals surface area contributed by atoms with Crippen molar-refractivity contribution in [2.75, 3.05) is 12.3 Å². The number of nitrogen functional groups attached to an aromatic ring is 1. The van der Waals surface area contributed by atoms with E-state index in [4.69, 9.17) is 5.73 Å². The Hall–Kier alpha value is -1.53. The highest BCUT2D eigenvalue weighted by atomic mass is 32.1. The van der Waals surface area contributed by atoms with Gasteiger partial charge in [-0.2, -0.15) is 0 Å². The molecule has 1 aromatic carbocycles. The normalized spacial score (nSPS) is 27.8. The molecule has 1 aliphatic carbocycles. The number of benzene rings is 1. The minimum Gasteiger partial charge on any atom is -0.480 e. The zero-order chi connectivity index (χ0) is 15.9. The molecule has 5 nitrogen and oxygen atoms in total. The number of rotatable bonds is 4. The van der Waals surface area contributed by atoms with Gasteiger partial charge in [0.05, 0.1) is 0 Å². The molecule has 3 rings (SSSR count). The van der Waals surface area contributed by atoms with E-state index in [0.717, 1.165) is 18.5 Å². The molecule has 0 spiro atoms. The Labute approximate surface area is 135 Å². The summed E-state index contributed by atoms with van der Waals surface area (Å²) in [6, 6.07) is 5.10. The van der Waals surface area contributed by atoms with Crippen LogP contribution in [0, 0.1) is 11.8 Å². The summed E-state index contributed by atoms with van der Waals surface area (Å²) in [6.07, 6.45) is 2.73. The van der Waals surface area contributed by atoms with Crippen molar-refractivity contribution in [1.82, 2.24) is 4.31 Å². The fourth-order valence-corrected chi connectivity index (χ4v) is 4.10. The number of thiol groups is 1. The number of nitrogens with two attached hydrogens (primary N) is 1. The van der Waals surface area contributed by atoms with Crippen LogP contribution in [0.5, 0.6) is 0 Å². The number of aliphatic carboxylic acids is 1. The maximum Gasteiger partial charge on any atom is 0.322 e. The smallest absolute Gasteiger partial charge is 0.322 e. The van der Waals surface area contributed by atoms with Gasteiger partial charge in [-0.1, -0.05) is 18.9 Å². The number of anilines is 1. The van der Waals surface area contributed by atoms with Crippen molar-refractivity contribution in [2.24, 2.45) is 11.8 Å². The highest BCUT2D eigenvalue weighted by Gasteiger charge is 2.42. The third-order valence-corrected chi connectivity index (χ3v) is 5.22. The lowest BCUT2D eigenvalue weighted by Crippen LogP contribution is -2.38. The number of nitrogens with zero attached hydrogens (tertiary/aromatic N) is 1. The topological polar surface area (TPSA) is 83.6 Å². The van der Waals surface area contributed by atoms with E-state index in [1.807, 2.05) is 18.2 Å². The highest BCUT2D eigenvalue weighted by Crippen LogP contribution is 2.34. The number of Topliss-reactive ketones (excluding diaryl/α,β-unsaturated/α-hetero) is 1. The van der Waals surface area contributed by atoms with Crippen molar-refractivity contribution in [1.29, 1.82) is 0 Å². The predicted octanol–water partition coefficient (Wildman–Crippen LogP) is 1.56. The first kappa shape index (κ1) is 15.4. The van der Waals surface area contributed by atoms with Crippen LogP contribution in [-0.2, 0) is 22.4 Å². The molecule has 0 amide bonds. The summed E-state index contributed by atoms with van der Waals surface area (Å²) in [5.74, 6) is -1.10. The molecule has 0 bridgehead atoms. The van der Waals surface area contributed by atoms with Crippen LogP contribution in [0.3, 0.4) is 0 Å². The van der Waals surface area contributed by atoms with E-state index in [1.165, 1.54) is 15.4 Å². The van der Waals surface area contributed by atoms with Crippen LogP contribution in [-0.4, -0.2) is 33.8 Å². The molecule has 2 unspecified atom stereocenters. The molecular weight excluding hydrogens is 300 g/mol. The van der Waals surface area contributed by atoms with Crippen LogP contribution in [0.15, 0.2) is 18.2 Å². The molecule has 118 valence electrons. The van der Waals surface area contributed by atoms with E-state index >= 15 is 0 Å². The van der Waals surface area contributed by atoms with E-state index in [0.29, 0.717) is 19.4 Å². The van der Waals surface area contributed by atoms with Gasteiger partial charge in [0.25, 0.3) is 0 Å². The molecule has 22 heavy (non-hydrogen) atoms. The first-order valence-electron chi connectivity index (χ1n) is 7.54. The fourth-order valence-electron chi connectivity index (χ4n) is 3.72. The van der Waals surface area contributed by atoms with Gasteiger partial charge >= 0.3 is 5.97 Å². The number of carbonyl (C=O) groups is 2. The van der Waals surface area contributed by atoms with E-state index in [2.05, 4.69) is 12.8 Å². The van der Waals surface area contributed by atoms with Crippen LogP contribution in [0.1, 0.15) is 24.0 Å². The van der Waals surface area contributed by atoms with Gasteiger partial charge in [-0.25, -0.2) is 4.31 Å². The molecule has 1 saturated heterocycles. The lowest BCUT2D eigenvalue weighted by molar-refractivity contribution is -0.144. The summed E-state index contributed by atoms with van der Waals surface area (Å²) < 4.78 is 1.47. The van der Waals surface area contributed by atoms with E-state index in [9.17, 15) is 14.7 Å². The molecular formula is C16H20N2O3S. The SMILES string of the molecule is Nc1ccc2c(c1)CC(CC(=O)C1CCN(S)[C@@H]1C(=O)O)C2. The van der Waals surface area contributed by atoms with Gasteiger partial charge in [0.2, 0.25) is 0 Å². The molecule has 1 aromatic rings. The van der Waals surface area contributed by atoms with Crippen LogP contribution < -0.4 is 5.73 Å². The largest absolute Gasteiger partial charge is 0.480 e. The third-order valence-electron chi connectivity index (χ3n) is 4.78. The maximum absolute atomic E-state index is 12.5. The standard InChI is InChI=1S/C16H20N2O3S/c17-12-2-1-10-5-9(6-11(10)8-12)7-14(19)13-3-4-18(22)15(13)16(20)21/h1-2,8-9,13,15,22H,3-7,17H2,(H,20,21)/t9?,13?,15-/m0/s1. The van der Waals surface area contributed by atoms with Crippen molar-refractivity contribution >= 4 is 30.3 Å². The molecule has 0 aromatic heterocycles. The summed E-state index contributed by atoms with van der Waals surface area (Å²) in [5, 5.41) is 9.28. The predicted molar refractivity (Wildman–Crippen MR) is 86.6 cm³/mol. The monoisotopic (exact) mass is 320 g/mol. The van der Waals surface area contributed by atoms with Crippen molar-refractivity contribution in [3.63, 3.8) is 0 Å². The average molecular weight is 320 g/mol. The van der Waals surface area contributed by atoms with Crippen molar-refractivity contribution in [3.8, 4) is 0 Å². The Morgan fingerprint density at radius 2 is 2.05 bits per heavy atom. The molecule has 1 fully saturated rings. The Bertz CT molecular complexity index is 619. The van der Waals surface area contributed by atoms with E-state index in [-0.39, 0.29) is 11.7 Å². The number of carbonyl (C=O) groups excluding carboxylic acids is 1. The average Bonchev–Trinajstić information content (AvgIpc) is 3.01. The highest BCUT2D eigenvalue weighted by molar-refractivity contribution is 7.77. The summed E-state index contributed by atoms with van der Waals surface area (Å²) in [6.45, 7) is 0.540. The molecule has 2 aliphatic rings. The van der Waals surface area contributed by atoms with Crippen molar-refractivity contribution in [3.05, 3.63) is 29.3 Å². The molecule has 0 saturated carbocycles. The first-order valence-corrected chi connectivity index (χ1v) is 7.94. The van der Waals surface area contributed by atoms with Crippen LogP contribution in [0.2, 0.25) is 0 Å². The molecule has 0 radical (unpaired) electrons. The zero-order valence-electron chi connectivity index (χ0n) is 12.2. The number of hydrogen-bond donors (Lipinski definition) is 3. The number of ketones is 1. The van der Waals surface area contributed by atoms with Crippen LogP contribution in [0.4, 0.5) is 5.69 Å². The van der Waals surface area contributed by atoms with Gasteiger partial charge in [0.15, 0.2) is 0 Å². The van der Waals surface area contributed by atoms with Gasteiger partial charge in [0, 0.05) is 24.6 Å². The minimum atomic E-state index is -0.965. The Kier molecular flexibility index (Phi) is 4.14. The van der Waals surface area contributed by atoms with Gasteiger partial charge in [-0.3, -0.25) is 9.59 Å². The van der Waals surface area contributed by atoms with E-state index < -0.39 is 17.9 Å².